The number of nitrogens with one attached hydrogen (secondary N) is 1. The van der Waals surface area contributed by atoms with Crippen LogP contribution in [0.1, 0.15) is 22.8 Å². The van der Waals surface area contributed by atoms with Crippen LogP contribution in [0.4, 0.5) is 23.4 Å². The molecule has 0 unspecified atom stereocenters. The highest BCUT2D eigenvalue weighted by Crippen LogP contribution is 2.44. The molecule has 2 atom stereocenters. The van der Waals surface area contributed by atoms with E-state index in [0.29, 0.717) is 16.2 Å². The van der Waals surface area contributed by atoms with Gasteiger partial charge in [-0.2, -0.15) is 0 Å². The number of thiophene rings is 1. The number of aryl methyl sites for hydroxylation is 1. The van der Waals surface area contributed by atoms with Gasteiger partial charge in [-0.1, -0.05) is 6.07 Å². The maximum absolute atomic E-state index is 14.3. The maximum Gasteiger partial charge on any atom is 0.166 e. The normalized spacial score (nSPS) is 18.0. The number of aromatic nitrogens is 2. The molecular formula is C22H15F4N3S. The van der Waals surface area contributed by atoms with E-state index >= 15 is 0 Å². The predicted molar refractivity (Wildman–Crippen MR) is 109 cm³/mol. The van der Waals surface area contributed by atoms with Crippen molar-refractivity contribution in [3.05, 3.63) is 76.2 Å². The molecule has 2 aromatic heterocycles. The number of halogens is 4. The highest BCUT2D eigenvalue weighted by molar-refractivity contribution is 7.18. The molecule has 30 heavy (non-hydrogen) atoms. The predicted octanol–water partition coefficient (Wildman–Crippen LogP) is 6.19. The van der Waals surface area contributed by atoms with Gasteiger partial charge in [0.05, 0.1) is 10.9 Å². The first kappa shape index (κ1) is 19.0. The Hall–Kier alpha value is -3.00. The zero-order chi connectivity index (χ0) is 21.0. The molecule has 1 aliphatic carbocycles. The lowest BCUT2D eigenvalue weighted by Crippen LogP contribution is -2.08. The zero-order valence-electron chi connectivity index (χ0n) is 15.7. The third-order valence-electron chi connectivity index (χ3n) is 5.17. The Labute approximate surface area is 173 Å². The van der Waals surface area contributed by atoms with Crippen molar-refractivity contribution >= 4 is 27.4 Å². The lowest BCUT2D eigenvalue weighted by atomic mass is 10.1. The fourth-order valence-corrected chi connectivity index (χ4v) is 4.46. The van der Waals surface area contributed by atoms with E-state index in [9.17, 15) is 17.6 Å². The molecule has 3 nitrogen and oxygen atoms in total. The van der Waals surface area contributed by atoms with Crippen LogP contribution in [0, 0.1) is 30.2 Å². The van der Waals surface area contributed by atoms with Crippen molar-refractivity contribution < 1.29 is 17.6 Å². The van der Waals surface area contributed by atoms with Crippen molar-refractivity contribution in [2.75, 3.05) is 5.32 Å². The van der Waals surface area contributed by atoms with Crippen LogP contribution in [0.25, 0.3) is 21.6 Å². The van der Waals surface area contributed by atoms with Gasteiger partial charge in [0.1, 0.15) is 22.3 Å². The zero-order valence-corrected chi connectivity index (χ0v) is 16.5. The van der Waals surface area contributed by atoms with E-state index in [4.69, 9.17) is 0 Å². The number of rotatable bonds is 4. The molecule has 0 bridgehead atoms. The minimum Gasteiger partial charge on any atom is -0.366 e. The fraction of sp³-hybridized carbons (Fsp3) is 0.182. The molecular weight excluding hydrogens is 414 g/mol. The molecule has 0 radical (unpaired) electrons. The third-order valence-corrected chi connectivity index (χ3v) is 6.12. The van der Waals surface area contributed by atoms with Crippen LogP contribution in [0.3, 0.4) is 0 Å². The van der Waals surface area contributed by atoms with Gasteiger partial charge in [-0.15, -0.1) is 11.3 Å². The van der Waals surface area contributed by atoms with E-state index in [1.54, 1.807) is 6.07 Å². The van der Waals surface area contributed by atoms with Crippen LogP contribution in [0.5, 0.6) is 0 Å². The largest absolute Gasteiger partial charge is 0.366 e. The summed E-state index contributed by atoms with van der Waals surface area (Å²) in [6.07, 6.45) is 0.736. The smallest absolute Gasteiger partial charge is 0.166 e. The van der Waals surface area contributed by atoms with E-state index < -0.39 is 23.3 Å². The summed E-state index contributed by atoms with van der Waals surface area (Å²) >= 11 is 1.45. The average molecular weight is 429 g/mol. The van der Waals surface area contributed by atoms with Crippen LogP contribution in [0.2, 0.25) is 0 Å². The SMILES string of the molecule is Cc1cc2c(N[C@@H]3C[C@H]3c3ccc(F)c(F)c3)nc(-c3ccc(F)cc3F)nc2s1. The summed E-state index contributed by atoms with van der Waals surface area (Å²) in [5.74, 6) is -2.43. The van der Waals surface area contributed by atoms with Crippen LogP contribution >= 0.6 is 11.3 Å². The highest BCUT2D eigenvalue weighted by atomic mass is 32.1. The van der Waals surface area contributed by atoms with Crippen LogP contribution in [0.15, 0.2) is 42.5 Å². The van der Waals surface area contributed by atoms with Crippen molar-refractivity contribution in [1.29, 1.82) is 0 Å². The van der Waals surface area contributed by atoms with Crippen LogP contribution in [-0.2, 0) is 0 Å². The van der Waals surface area contributed by atoms with Gasteiger partial charge in [0.2, 0.25) is 0 Å². The number of nitrogens with zero attached hydrogens (tertiary/aromatic N) is 2. The van der Waals surface area contributed by atoms with Gasteiger partial charge in [-0.25, -0.2) is 27.5 Å². The fourth-order valence-electron chi connectivity index (χ4n) is 3.58. The maximum atomic E-state index is 14.3. The highest BCUT2D eigenvalue weighted by Gasteiger charge is 2.39. The molecule has 2 heterocycles. The lowest BCUT2D eigenvalue weighted by Gasteiger charge is -2.10. The Balaban J connectivity index is 1.50. The van der Waals surface area contributed by atoms with E-state index in [2.05, 4.69) is 15.3 Å². The Morgan fingerprint density at radius 3 is 2.53 bits per heavy atom. The first-order valence-electron chi connectivity index (χ1n) is 9.34. The van der Waals surface area contributed by atoms with Crippen molar-refractivity contribution in [3.8, 4) is 11.4 Å². The minimum atomic E-state index is -0.874. The van der Waals surface area contributed by atoms with E-state index in [1.165, 1.54) is 29.5 Å². The lowest BCUT2D eigenvalue weighted by molar-refractivity contribution is 0.507. The molecule has 0 aliphatic heterocycles. The Morgan fingerprint density at radius 2 is 1.77 bits per heavy atom. The minimum absolute atomic E-state index is 0.0147. The van der Waals surface area contributed by atoms with Crippen molar-refractivity contribution in [2.45, 2.75) is 25.3 Å². The topological polar surface area (TPSA) is 37.8 Å². The quantitative estimate of drug-likeness (QED) is 0.393. The van der Waals surface area contributed by atoms with Gasteiger partial charge in [-0.05, 0) is 49.2 Å². The molecule has 2 aromatic carbocycles. The van der Waals surface area contributed by atoms with Gasteiger partial charge in [0.25, 0.3) is 0 Å². The Bertz CT molecular complexity index is 1290. The summed E-state index contributed by atoms with van der Waals surface area (Å²) in [4.78, 5) is 10.7. The first-order chi connectivity index (χ1) is 14.4. The molecule has 1 aliphatic rings. The standard InChI is InChI=1S/C22H15F4N3S/c1-10-6-15-21(27-19-9-14(19)11-2-5-16(24)18(26)7-11)28-20(29-22(15)30-10)13-4-3-12(23)8-17(13)25/h2-8,14,19H,9H2,1H3,(H,27,28,29)/t14-,19+/m0/s1. The summed E-state index contributed by atoms with van der Waals surface area (Å²) in [6, 6.07) is 9.13. The van der Waals surface area contributed by atoms with Crippen LogP contribution in [-0.4, -0.2) is 16.0 Å². The van der Waals surface area contributed by atoms with Crippen molar-refractivity contribution in [1.82, 2.24) is 9.97 Å². The van der Waals surface area contributed by atoms with Crippen molar-refractivity contribution in [2.24, 2.45) is 0 Å². The molecule has 152 valence electrons. The number of hydrogen-bond acceptors (Lipinski definition) is 4. The summed E-state index contributed by atoms with van der Waals surface area (Å²) in [6.45, 7) is 1.94. The third kappa shape index (κ3) is 3.41. The number of benzene rings is 2. The molecule has 5 rings (SSSR count). The van der Waals surface area contributed by atoms with E-state index in [0.717, 1.165) is 28.8 Å². The van der Waals surface area contributed by atoms with Gasteiger partial charge >= 0.3 is 0 Å². The first-order valence-corrected chi connectivity index (χ1v) is 10.2. The molecule has 0 spiro atoms. The monoisotopic (exact) mass is 429 g/mol. The van der Waals surface area contributed by atoms with E-state index in [-0.39, 0.29) is 23.3 Å². The van der Waals surface area contributed by atoms with E-state index in [1.807, 2.05) is 13.0 Å². The second kappa shape index (κ2) is 7.05. The molecule has 4 aromatic rings. The summed E-state index contributed by atoms with van der Waals surface area (Å²) in [5.41, 5.74) is 0.823. The molecule has 8 heteroatoms. The summed E-state index contributed by atoms with van der Waals surface area (Å²) in [5, 5.41) is 4.14. The Morgan fingerprint density at radius 1 is 0.933 bits per heavy atom. The molecule has 1 N–H and O–H groups in total. The average Bonchev–Trinajstić information content (AvgIpc) is 3.34. The number of fused-ring (bicyclic) bond motifs is 1. The summed E-state index contributed by atoms with van der Waals surface area (Å²) < 4.78 is 54.4. The van der Waals surface area contributed by atoms with Gasteiger partial charge < -0.3 is 5.32 Å². The molecule has 0 saturated heterocycles. The molecule has 1 fully saturated rings. The van der Waals surface area contributed by atoms with Gasteiger partial charge in [-0.3, -0.25) is 0 Å². The van der Waals surface area contributed by atoms with Crippen molar-refractivity contribution in [3.63, 3.8) is 0 Å². The van der Waals surface area contributed by atoms with Crippen LogP contribution < -0.4 is 5.32 Å². The summed E-state index contributed by atoms with van der Waals surface area (Å²) in [7, 11) is 0. The molecule has 1 saturated carbocycles. The second-order valence-corrected chi connectivity index (χ2v) is 8.60. The second-order valence-electron chi connectivity index (χ2n) is 7.36. The van der Waals surface area contributed by atoms with Gasteiger partial charge in [0.15, 0.2) is 17.5 Å². The number of anilines is 1. The van der Waals surface area contributed by atoms with Gasteiger partial charge in [0, 0.05) is 22.9 Å². The molecule has 0 amide bonds. The Kier molecular flexibility index (Phi) is 4.47. The number of hydrogen-bond donors (Lipinski definition) is 1.